The van der Waals surface area contributed by atoms with Crippen LogP contribution in [0.15, 0.2) is 84.0 Å². The molecular formula is C36H42F3N5O7S. The van der Waals surface area contributed by atoms with Crippen molar-refractivity contribution >= 4 is 38.4 Å². The first kappa shape index (κ1) is 39.8. The van der Waals surface area contributed by atoms with E-state index < -0.39 is 34.1 Å². The molecule has 12 nitrogen and oxygen atoms in total. The molecule has 0 spiro atoms. The van der Waals surface area contributed by atoms with Crippen molar-refractivity contribution < 1.29 is 45.8 Å². The smallest absolute Gasteiger partial charge is 0.490 e. The van der Waals surface area contributed by atoms with E-state index in [1.54, 1.807) is 54.9 Å². The molecule has 1 aromatic heterocycles. The number of hydrogen-bond acceptors (Lipinski definition) is 9. The zero-order valence-electron chi connectivity index (χ0n) is 29.0. The third-order valence-electron chi connectivity index (χ3n) is 8.00. The molecule has 1 amide bonds. The van der Waals surface area contributed by atoms with E-state index >= 15 is 0 Å². The molecule has 0 bridgehead atoms. The molecule has 0 aliphatic carbocycles. The number of alkyl halides is 3. The molecule has 3 aromatic carbocycles. The van der Waals surface area contributed by atoms with E-state index in [0.29, 0.717) is 48.0 Å². The first-order valence-electron chi connectivity index (χ1n) is 16.6. The first-order valence-corrected chi connectivity index (χ1v) is 18.0. The topological polar surface area (TPSA) is 164 Å². The highest BCUT2D eigenvalue weighted by atomic mass is 32.2. The van der Waals surface area contributed by atoms with Crippen LogP contribution in [0.5, 0.6) is 11.5 Å². The number of hydrogen-bond donors (Lipinski definition) is 3. The monoisotopic (exact) mass is 745 g/mol. The number of nitrogens with one attached hydrogen (secondary N) is 1. The second kappa shape index (κ2) is 17.5. The summed E-state index contributed by atoms with van der Waals surface area (Å²) in [6.45, 7) is 7.14. The van der Waals surface area contributed by atoms with E-state index in [0.717, 1.165) is 30.0 Å². The molecule has 0 radical (unpaired) electrons. The summed E-state index contributed by atoms with van der Waals surface area (Å²) in [5, 5.41) is 13.4. The van der Waals surface area contributed by atoms with Gasteiger partial charge < -0.3 is 19.9 Å². The van der Waals surface area contributed by atoms with Gasteiger partial charge in [0.05, 0.1) is 23.3 Å². The molecule has 0 unspecified atom stereocenters. The number of sulfonamides is 1. The highest BCUT2D eigenvalue weighted by Gasteiger charge is 2.38. The second-order valence-corrected chi connectivity index (χ2v) is 14.0. The molecule has 52 heavy (non-hydrogen) atoms. The fraction of sp³-hybridized carbons (Fsp3) is 0.361. The number of carboxylic acid groups (broad SMARTS) is 1. The molecule has 0 saturated carbocycles. The third-order valence-corrected chi connectivity index (χ3v) is 9.99. The maximum atomic E-state index is 14.1. The van der Waals surface area contributed by atoms with Gasteiger partial charge in [-0.05, 0) is 86.5 Å². The van der Waals surface area contributed by atoms with Gasteiger partial charge in [0.25, 0.3) is 0 Å². The van der Waals surface area contributed by atoms with Crippen LogP contribution in [0, 0.1) is 0 Å². The Balaban J connectivity index is 0.000000785. The Morgan fingerprint density at radius 3 is 2.35 bits per heavy atom. The van der Waals surface area contributed by atoms with Crippen LogP contribution in [-0.2, 0) is 26.2 Å². The molecule has 16 heteroatoms. The molecule has 5 rings (SSSR count). The average Bonchev–Trinajstić information content (AvgIpc) is 3.12. The Morgan fingerprint density at radius 1 is 1.00 bits per heavy atom. The van der Waals surface area contributed by atoms with Gasteiger partial charge in [-0.1, -0.05) is 36.8 Å². The predicted molar refractivity (Wildman–Crippen MR) is 189 cm³/mol. The average molecular weight is 746 g/mol. The normalized spacial score (nSPS) is 14.2. The minimum absolute atomic E-state index is 0.00265. The van der Waals surface area contributed by atoms with Crippen LogP contribution >= 0.6 is 0 Å². The molecule has 1 aliphatic rings. The molecule has 2 heterocycles. The molecule has 1 atom stereocenters. The SMILES string of the molecule is CCOc1cc([C@@H](C(=O)NCc2ccccc2S(=O)(=O)N2CCCCC2)N(N)c2ccc3cnccc3c2)ccc1OC(C)C.O=C(O)C(F)(F)F. The van der Waals surface area contributed by atoms with Crippen LogP contribution in [0.3, 0.4) is 0 Å². The highest BCUT2D eigenvalue weighted by Crippen LogP contribution is 2.35. The number of aliphatic carboxylic acids is 1. The number of carboxylic acids is 1. The molecular weight excluding hydrogens is 703 g/mol. The van der Waals surface area contributed by atoms with E-state index in [1.807, 2.05) is 45.0 Å². The van der Waals surface area contributed by atoms with Gasteiger partial charge in [-0.15, -0.1) is 0 Å². The third kappa shape index (κ3) is 10.1. The van der Waals surface area contributed by atoms with Crippen molar-refractivity contribution in [1.82, 2.24) is 14.6 Å². The molecule has 1 aliphatic heterocycles. The zero-order chi connectivity index (χ0) is 38.1. The summed E-state index contributed by atoms with van der Waals surface area (Å²) >= 11 is 0. The number of amides is 1. The van der Waals surface area contributed by atoms with Crippen molar-refractivity contribution in [2.75, 3.05) is 24.7 Å². The lowest BCUT2D eigenvalue weighted by Gasteiger charge is -2.30. The lowest BCUT2D eigenvalue weighted by atomic mass is 10.0. The van der Waals surface area contributed by atoms with Gasteiger partial charge in [0.1, 0.15) is 6.04 Å². The summed E-state index contributed by atoms with van der Waals surface area (Å²) in [4.78, 5) is 27.4. The van der Waals surface area contributed by atoms with Gasteiger partial charge in [-0.3, -0.25) is 14.8 Å². The van der Waals surface area contributed by atoms with Gasteiger partial charge in [0, 0.05) is 37.4 Å². The first-order chi connectivity index (χ1) is 24.6. The number of rotatable bonds is 12. The summed E-state index contributed by atoms with van der Waals surface area (Å²) in [6, 6.07) is 18.7. The molecule has 4 N–H and O–H groups in total. The summed E-state index contributed by atoms with van der Waals surface area (Å²) in [5.41, 5.74) is 1.70. The number of carbonyl (C=O) groups excluding carboxylic acids is 1. The van der Waals surface area contributed by atoms with Crippen LogP contribution in [0.4, 0.5) is 18.9 Å². The zero-order valence-corrected chi connectivity index (χ0v) is 29.8. The number of anilines is 1. The van der Waals surface area contributed by atoms with Gasteiger partial charge in [-0.25, -0.2) is 19.1 Å². The van der Waals surface area contributed by atoms with E-state index in [1.165, 1.54) is 9.31 Å². The Bertz CT molecular complexity index is 1950. The quantitative estimate of drug-likeness (QED) is 0.116. The predicted octanol–water partition coefficient (Wildman–Crippen LogP) is 5.97. The second-order valence-electron chi connectivity index (χ2n) is 12.1. The molecule has 1 saturated heterocycles. The van der Waals surface area contributed by atoms with Crippen LogP contribution in [0.2, 0.25) is 0 Å². The number of fused-ring (bicyclic) bond motifs is 1. The summed E-state index contributed by atoms with van der Waals surface area (Å²) in [7, 11) is -3.71. The molecule has 4 aromatic rings. The summed E-state index contributed by atoms with van der Waals surface area (Å²) in [6.07, 6.45) is 0.998. The molecule has 280 valence electrons. The van der Waals surface area contributed by atoms with Crippen molar-refractivity contribution in [3.63, 3.8) is 0 Å². The van der Waals surface area contributed by atoms with E-state index in [9.17, 15) is 26.4 Å². The Labute approximate surface area is 300 Å². The lowest BCUT2D eigenvalue weighted by molar-refractivity contribution is -0.192. The van der Waals surface area contributed by atoms with E-state index in [4.69, 9.17) is 25.2 Å². The minimum atomic E-state index is -5.08. The Hall–Kier alpha value is -4.93. The lowest BCUT2D eigenvalue weighted by Crippen LogP contribution is -2.44. The standard InChI is InChI=1S/C34H41N5O5S.C2HF3O2/c1-4-43-31-21-26(13-15-30(31)44-24(2)3)33(39(35)29-14-12-27-22-36-17-16-25(27)20-29)34(40)37-23-28-10-6-7-11-32(28)45(41,42)38-18-8-5-9-19-38;3-2(4,5)1(6)7/h6-7,10-17,20-22,24,33H,4-5,8-9,18-19,23,35H2,1-3H3,(H,37,40);(H,6,7)/t33-;/m0./s1. The number of nitrogens with two attached hydrogens (primary N) is 1. The van der Waals surface area contributed by atoms with Gasteiger partial charge in [-0.2, -0.15) is 17.5 Å². The number of carbonyl (C=O) groups is 2. The van der Waals surface area contributed by atoms with E-state index in [-0.39, 0.29) is 17.5 Å². The number of halogens is 3. The minimum Gasteiger partial charge on any atom is -0.490 e. The van der Waals surface area contributed by atoms with Crippen LogP contribution in [0.1, 0.15) is 57.2 Å². The van der Waals surface area contributed by atoms with Crippen LogP contribution in [-0.4, -0.2) is 66.7 Å². The Morgan fingerprint density at radius 2 is 1.69 bits per heavy atom. The van der Waals surface area contributed by atoms with Crippen molar-refractivity contribution in [2.45, 2.75) is 69.8 Å². The molecule has 1 fully saturated rings. The van der Waals surface area contributed by atoms with Gasteiger partial charge in [0.15, 0.2) is 11.5 Å². The number of aromatic nitrogens is 1. The van der Waals surface area contributed by atoms with Crippen molar-refractivity contribution in [2.24, 2.45) is 5.84 Å². The van der Waals surface area contributed by atoms with E-state index in [2.05, 4.69) is 10.3 Å². The van der Waals surface area contributed by atoms with Crippen molar-refractivity contribution in [3.8, 4) is 11.5 Å². The number of benzene rings is 3. The summed E-state index contributed by atoms with van der Waals surface area (Å²) in [5.74, 6) is 4.65. The fourth-order valence-corrected chi connectivity index (χ4v) is 7.30. The number of nitrogens with zero attached hydrogens (tertiary/aromatic N) is 3. The number of piperidine rings is 1. The summed E-state index contributed by atoms with van der Waals surface area (Å²) < 4.78 is 72.3. The number of hydrazine groups is 1. The van der Waals surface area contributed by atoms with Crippen LogP contribution < -0.4 is 25.6 Å². The van der Waals surface area contributed by atoms with Crippen molar-refractivity contribution in [1.29, 1.82) is 0 Å². The van der Waals surface area contributed by atoms with Gasteiger partial charge >= 0.3 is 12.1 Å². The highest BCUT2D eigenvalue weighted by molar-refractivity contribution is 7.89. The number of ether oxygens (including phenoxy) is 2. The van der Waals surface area contributed by atoms with Gasteiger partial charge in [0.2, 0.25) is 15.9 Å². The maximum absolute atomic E-state index is 14.1. The largest absolute Gasteiger partial charge is 0.490 e. The maximum Gasteiger partial charge on any atom is 0.490 e. The Kier molecular flexibility index (Phi) is 13.4. The van der Waals surface area contributed by atoms with Crippen LogP contribution in [0.25, 0.3) is 10.8 Å². The van der Waals surface area contributed by atoms with Crippen molar-refractivity contribution in [3.05, 3.63) is 90.3 Å². The fourth-order valence-electron chi connectivity index (χ4n) is 5.56. The number of pyridine rings is 1.